The van der Waals surface area contributed by atoms with Gasteiger partial charge < -0.3 is 9.88 Å². The molecule has 1 aliphatic heterocycles. The van der Waals surface area contributed by atoms with Crippen molar-refractivity contribution in [2.24, 2.45) is 12.2 Å². The molecule has 0 saturated carbocycles. The van der Waals surface area contributed by atoms with Gasteiger partial charge in [-0.05, 0) is 36.6 Å². The molecule has 1 aliphatic rings. The molecule has 2 heterocycles. The topological polar surface area (TPSA) is 97.4 Å². The number of amides is 1. The zero-order valence-corrected chi connectivity index (χ0v) is 19.1. The summed E-state index contributed by atoms with van der Waals surface area (Å²) in [6.07, 6.45) is 1.13. The normalized spacial score (nSPS) is 20.1. The molecule has 3 N–H and O–H groups in total. The van der Waals surface area contributed by atoms with Crippen molar-refractivity contribution in [1.29, 1.82) is 0 Å². The highest BCUT2D eigenvalue weighted by atomic mass is 35.5. The summed E-state index contributed by atoms with van der Waals surface area (Å²) in [5, 5.41) is 9.97. The van der Waals surface area contributed by atoms with Crippen LogP contribution in [0.1, 0.15) is 28.9 Å². The molecule has 164 valence electrons. The van der Waals surface area contributed by atoms with Crippen molar-refractivity contribution in [2.75, 3.05) is 13.1 Å². The van der Waals surface area contributed by atoms with E-state index in [1.165, 1.54) is 4.31 Å². The van der Waals surface area contributed by atoms with Crippen molar-refractivity contribution in [2.45, 2.75) is 18.4 Å². The SMILES string of the molecule is Cn1c(C(=O)NC2(c3ccccc3)CCCN(S(N)(=O)=O)C2)cc2c(Cl)c(Cl)ccc21. The molecule has 4 rings (SSSR count). The first kappa shape index (κ1) is 22.1. The van der Waals surface area contributed by atoms with E-state index in [1.807, 2.05) is 30.3 Å². The molecule has 0 bridgehead atoms. The molecule has 1 unspecified atom stereocenters. The van der Waals surface area contributed by atoms with Crippen molar-refractivity contribution in [3.05, 3.63) is 69.8 Å². The fourth-order valence-corrected chi connectivity index (χ4v) is 5.41. The van der Waals surface area contributed by atoms with Gasteiger partial charge in [0.05, 0.1) is 15.6 Å². The minimum Gasteiger partial charge on any atom is -0.340 e. The molecule has 0 spiro atoms. The standard InChI is InChI=1S/C21H22Cl2N4O3S/c1-26-17-9-8-16(22)19(23)15(17)12-18(26)20(28)25-21(14-6-3-2-4-7-14)10-5-11-27(13-21)31(24,29)30/h2-4,6-9,12H,5,10-11,13H2,1H3,(H,25,28)(H2,24,29,30). The molecule has 1 aromatic heterocycles. The number of hydrogen-bond acceptors (Lipinski definition) is 3. The fourth-order valence-electron chi connectivity index (χ4n) is 4.25. The highest BCUT2D eigenvalue weighted by Gasteiger charge is 2.41. The van der Waals surface area contributed by atoms with Crippen LogP contribution in [-0.2, 0) is 22.8 Å². The average Bonchev–Trinajstić information content (AvgIpc) is 3.08. The molecule has 7 nitrogen and oxygen atoms in total. The van der Waals surface area contributed by atoms with Crippen LogP contribution in [0.25, 0.3) is 10.9 Å². The Morgan fingerprint density at radius 2 is 1.87 bits per heavy atom. The number of halogens is 2. The molecule has 2 aromatic carbocycles. The zero-order chi connectivity index (χ0) is 22.4. The summed E-state index contributed by atoms with van der Waals surface area (Å²) in [7, 11) is -2.13. The lowest BCUT2D eigenvalue weighted by Crippen LogP contribution is -2.58. The average molecular weight is 481 g/mol. The van der Waals surface area contributed by atoms with E-state index in [9.17, 15) is 13.2 Å². The predicted molar refractivity (Wildman–Crippen MR) is 122 cm³/mol. The molecular weight excluding hydrogens is 459 g/mol. The van der Waals surface area contributed by atoms with Gasteiger partial charge in [0.25, 0.3) is 16.1 Å². The summed E-state index contributed by atoms with van der Waals surface area (Å²) >= 11 is 12.5. The second-order valence-electron chi connectivity index (χ2n) is 7.77. The Kier molecular flexibility index (Phi) is 5.78. The monoisotopic (exact) mass is 480 g/mol. The third-order valence-electron chi connectivity index (χ3n) is 5.84. The third-order valence-corrected chi connectivity index (χ3v) is 7.69. The number of carbonyl (C=O) groups excluding carboxylic acids is 1. The van der Waals surface area contributed by atoms with Crippen molar-refractivity contribution in [1.82, 2.24) is 14.2 Å². The Hall–Kier alpha value is -2.10. The molecule has 1 atom stereocenters. The van der Waals surface area contributed by atoms with E-state index in [2.05, 4.69) is 5.32 Å². The number of nitrogens with one attached hydrogen (secondary N) is 1. The lowest BCUT2D eigenvalue weighted by atomic mass is 9.82. The van der Waals surface area contributed by atoms with Crippen molar-refractivity contribution >= 4 is 50.2 Å². The van der Waals surface area contributed by atoms with Crippen LogP contribution in [0.2, 0.25) is 10.0 Å². The van der Waals surface area contributed by atoms with Gasteiger partial charge in [0, 0.05) is 31.0 Å². The molecule has 1 saturated heterocycles. The van der Waals surface area contributed by atoms with Gasteiger partial charge in [-0.25, -0.2) is 5.14 Å². The van der Waals surface area contributed by atoms with Crippen LogP contribution in [0.3, 0.4) is 0 Å². The van der Waals surface area contributed by atoms with Crippen LogP contribution >= 0.6 is 23.2 Å². The van der Waals surface area contributed by atoms with E-state index in [0.717, 1.165) is 11.1 Å². The third kappa shape index (κ3) is 4.06. The minimum absolute atomic E-state index is 0.0537. The number of rotatable bonds is 4. The second kappa shape index (κ2) is 8.11. The summed E-state index contributed by atoms with van der Waals surface area (Å²) in [4.78, 5) is 13.4. The summed E-state index contributed by atoms with van der Waals surface area (Å²) in [6.45, 7) is 0.365. The van der Waals surface area contributed by atoms with Gasteiger partial charge in [-0.15, -0.1) is 0 Å². The van der Waals surface area contributed by atoms with E-state index >= 15 is 0 Å². The number of nitrogens with zero attached hydrogens (tertiary/aromatic N) is 2. The number of benzene rings is 2. The lowest BCUT2D eigenvalue weighted by molar-refractivity contribution is 0.0836. The first-order chi connectivity index (χ1) is 14.6. The minimum atomic E-state index is -3.90. The van der Waals surface area contributed by atoms with Gasteiger partial charge in [0.1, 0.15) is 5.69 Å². The van der Waals surface area contributed by atoms with Crippen LogP contribution in [-0.4, -0.2) is 36.3 Å². The number of piperidine rings is 1. The Balaban J connectivity index is 1.76. The summed E-state index contributed by atoms with van der Waals surface area (Å²) in [6, 6.07) is 14.5. The summed E-state index contributed by atoms with van der Waals surface area (Å²) < 4.78 is 27.1. The van der Waals surface area contributed by atoms with Gasteiger partial charge in [-0.3, -0.25) is 4.79 Å². The summed E-state index contributed by atoms with van der Waals surface area (Å²) in [5.74, 6) is -0.342. The maximum Gasteiger partial charge on any atom is 0.276 e. The second-order valence-corrected chi connectivity index (χ2v) is 10.1. The molecule has 10 heteroatoms. The molecule has 0 radical (unpaired) electrons. The van der Waals surface area contributed by atoms with E-state index in [0.29, 0.717) is 40.5 Å². The highest BCUT2D eigenvalue weighted by molar-refractivity contribution is 7.86. The number of hydrogen-bond donors (Lipinski definition) is 2. The number of fused-ring (bicyclic) bond motifs is 1. The van der Waals surface area contributed by atoms with Crippen LogP contribution in [0, 0.1) is 0 Å². The number of aromatic nitrogens is 1. The van der Waals surface area contributed by atoms with Crippen LogP contribution < -0.4 is 10.5 Å². The molecule has 3 aromatic rings. The first-order valence-corrected chi connectivity index (χ1v) is 12.0. The largest absolute Gasteiger partial charge is 0.340 e. The van der Waals surface area contributed by atoms with E-state index < -0.39 is 15.7 Å². The van der Waals surface area contributed by atoms with Crippen molar-refractivity contribution in [3.8, 4) is 0 Å². The van der Waals surface area contributed by atoms with Crippen LogP contribution in [0.15, 0.2) is 48.5 Å². The molecule has 0 aliphatic carbocycles. The smallest absolute Gasteiger partial charge is 0.276 e. The van der Waals surface area contributed by atoms with Crippen LogP contribution in [0.4, 0.5) is 0 Å². The van der Waals surface area contributed by atoms with Crippen LogP contribution in [0.5, 0.6) is 0 Å². The van der Waals surface area contributed by atoms with E-state index in [1.54, 1.807) is 29.8 Å². The fraction of sp³-hybridized carbons (Fsp3) is 0.286. The lowest BCUT2D eigenvalue weighted by Gasteiger charge is -2.42. The Labute approximate surface area is 190 Å². The van der Waals surface area contributed by atoms with Gasteiger partial charge in [0.15, 0.2) is 0 Å². The van der Waals surface area contributed by atoms with Crippen molar-refractivity contribution < 1.29 is 13.2 Å². The van der Waals surface area contributed by atoms with E-state index in [-0.39, 0.29) is 12.5 Å². The van der Waals surface area contributed by atoms with Gasteiger partial charge in [0.2, 0.25) is 0 Å². The first-order valence-electron chi connectivity index (χ1n) is 9.72. The van der Waals surface area contributed by atoms with Crippen molar-refractivity contribution in [3.63, 3.8) is 0 Å². The highest BCUT2D eigenvalue weighted by Crippen LogP contribution is 2.35. The van der Waals surface area contributed by atoms with E-state index in [4.69, 9.17) is 28.3 Å². The summed E-state index contributed by atoms with van der Waals surface area (Å²) in [5.41, 5.74) is 1.06. The molecule has 1 amide bonds. The number of aryl methyl sites for hydroxylation is 1. The van der Waals surface area contributed by atoms with Gasteiger partial charge in [-0.1, -0.05) is 53.5 Å². The van der Waals surface area contributed by atoms with Gasteiger partial charge in [-0.2, -0.15) is 12.7 Å². The number of nitrogens with two attached hydrogens (primary N) is 1. The maximum absolute atomic E-state index is 13.4. The Morgan fingerprint density at radius 3 is 2.55 bits per heavy atom. The zero-order valence-electron chi connectivity index (χ0n) is 16.8. The Bertz CT molecular complexity index is 1260. The Morgan fingerprint density at radius 1 is 1.16 bits per heavy atom. The molecule has 1 fully saturated rings. The predicted octanol–water partition coefficient (Wildman–Crippen LogP) is 3.41. The van der Waals surface area contributed by atoms with Gasteiger partial charge >= 0.3 is 0 Å². The number of carbonyl (C=O) groups is 1. The molecular formula is C21H22Cl2N4O3S. The molecule has 31 heavy (non-hydrogen) atoms. The quantitative estimate of drug-likeness (QED) is 0.598. The maximum atomic E-state index is 13.4.